The van der Waals surface area contributed by atoms with E-state index in [1.54, 1.807) is 87.4 Å². The van der Waals surface area contributed by atoms with Crippen molar-refractivity contribution >= 4 is 99.7 Å². The number of Topliss-reactive ketones (excluding diaryl/α,β-unsaturated/α-hetero) is 1. The van der Waals surface area contributed by atoms with Crippen LogP contribution in [0, 0.1) is 17.8 Å². The van der Waals surface area contributed by atoms with Crippen molar-refractivity contribution in [2.24, 2.45) is 27.7 Å². The lowest BCUT2D eigenvalue weighted by molar-refractivity contribution is -0.132. The minimum absolute atomic E-state index is 0.000114. The van der Waals surface area contributed by atoms with Crippen LogP contribution in [-0.4, -0.2) is 171 Å². The molecule has 107 heavy (non-hydrogen) atoms. The molecule has 24 nitrogen and oxygen atoms in total. The molecule has 0 radical (unpaired) electrons. The van der Waals surface area contributed by atoms with Crippen molar-refractivity contribution in [2.75, 3.05) is 104 Å². The van der Waals surface area contributed by atoms with Crippen LogP contribution in [0.25, 0.3) is 23.3 Å². The maximum atomic E-state index is 14.2. The van der Waals surface area contributed by atoms with Crippen molar-refractivity contribution in [2.45, 2.75) is 96.8 Å². The summed E-state index contributed by atoms with van der Waals surface area (Å²) in [7, 11) is 4.71. The molecule has 24 heteroatoms. The fourth-order valence-electron chi connectivity index (χ4n) is 13.3. The van der Waals surface area contributed by atoms with E-state index in [0.29, 0.717) is 123 Å². The normalized spacial score (nSPS) is 17.1. The van der Waals surface area contributed by atoms with Gasteiger partial charge in [0, 0.05) is 93.0 Å². The summed E-state index contributed by atoms with van der Waals surface area (Å²) in [6.07, 6.45) is 14.9. The number of ketones is 1. The standard InChI is InChI=1S/C83H94N8O16/c1-53(2)80(89-78(94)30-34-102-36-38-104-40-41-105-39-37-103-35-31-84-77(93)28-29-79(95)91-51-60-14-8-7-12-55(60)16-17-58-13-9-10-15-71(58)91)82(97)87-54(3)81(96)88-64-23-18-57(19-24-64)63-44-65-50-86-70-48-76(74(101-6)46-68(70)83(98)90(65)52-63)107-33-11-32-106-75-47-69-67(45-73(75)100-5)72(92)27-22-59-42-61(43-62(59)49-85-69)56-20-25-66(99-4)26-21-56/h7-10,12-21,23-26,42,45-50,52-54,59,62,65,80H,11,22,27-41,43-44,51H2,1-6H3,(H,84,93)(H,87,97)(H,88,96)(H,89,94)/b17-16-,85-49?/t54-,59?,62-,65-,80-/m0/s1. The molecule has 0 aromatic heterocycles. The van der Waals surface area contributed by atoms with Crippen LogP contribution in [0.5, 0.6) is 28.7 Å². The van der Waals surface area contributed by atoms with E-state index >= 15 is 0 Å². The van der Waals surface area contributed by atoms with Crippen LogP contribution in [0.1, 0.15) is 121 Å². The lowest BCUT2D eigenvalue weighted by Gasteiger charge is -2.27. The van der Waals surface area contributed by atoms with Gasteiger partial charge in [0.05, 0.1) is 123 Å². The summed E-state index contributed by atoms with van der Waals surface area (Å²) in [6.45, 7) is 8.61. The molecule has 11 rings (SSSR count). The van der Waals surface area contributed by atoms with Crippen LogP contribution in [0.15, 0.2) is 144 Å². The van der Waals surface area contributed by atoms with Gasteiger partial charge in [0.25, 0.3) is 5.91 Å². The molecule has 0 bridgehead atoms. The lowest BCUT2D eigenvalue weighted by atomic mass is 9.91. The summed E-state index contributed by atoms with van der Waals surface area (Å²) in [4.78, 5) is 107. The van der Waals surface area contributed by atoms with E-state index in [-0.39, 0.29) is 106 Å². The number of allylic oxidation sites excluding steroid dienone is 2. The number of fused-ring (bicyclic) bond motifs is 6. The first-order valence-corrected chi connectivity index (χ1v) is 36.5. The number of hydrogen-bond acceptors (Lipinski definition) is 18. The first kappa shape index (κ1) is 77.3. The van der Waals surface area contributed by atoms with Crippen LogP contribution in [0.2, 0.25) is 0 Å². The highest BCUT2D eigenvalue weighted by Gasteiger charge is 2.35. The molecule has 1 aliphatic carbocycles. The SMILES string of the molecule is COc1ccc(C2=CC3CCC(=O)c4cc(OC)c(OCCCOc5cc6c(cc5OC)C(=O)N5C=C(c7ccc(NC(=O)[C@H](C)NC(=O)[C@@H](NC(=O)CCOCCOCCOCCOCCNC(=O)CCC(=O)N8Cc9ccccc9/C=C\c9ccccc98)C(C)C)cc7)C[C@H]5C=N6)cc4N=C[C@@H]3C2)cc1. The third kappa shape index (κ3) is 20.6. The van der Waals surface area contributed by atoms with Crippen LogP contribution in [-0.2, 0) is 49.5 Å². The number of nitrogens with zero attached hydrogens (tertiary/aromatic N) is 4. The summed E-state index contributed by atoms with van der Waals surface area (Å²) in [5, 5.41) is 11.2. The Kier molecular flexibility index (Phi) is 27.4. The number of benzene rings is 6. The zero-order valence-electron chi connectivity index (χ0n) is 61.4. The van der Waals surface area contributed by atoms with Gasteiger partial charge in [0.15, 0.2) is 28.8 Å². The quantitative estimate of drug-likeness (QED) is 0.0269. The zero-order chi connectivity index (χ0) is 75.2. The molecular weight excluding hydrogens is 1360 g/mol. The Morgan fingerprint density at radius 1 is 0.570 bits per heavy atom. The second-order valence-electron chi connectivity index (χ2n) is 26.9. The highest BCUT2D eigenvalue weighted by Crippen LogP contribution is 2.44. The maximum absolute atomic E-state index is 14.2. The Morgan fingerprint density at radius 3 is 1.88 bits per heavy atom. The maximum Gasteiger partial charge on any atom is 0.260 e. The van der Waals surface area contributed by atoms with E-state index in [1.165, 1.54) is 12.7 Å². The Bertz CT molecular complexity index is 4320. The van der Waals surface area contributed by atoms with Gasteiger partial charge in [0.1, 0.15) is 17.8 Å². The molecule has 6 amide bonds. The second-order valence-corrected chi connectivity index (χ2v) is 26.9. The monoisotopic (exact) mass is 1460 g/mol. The van der Waals surface area contributed by atoms with Crippen molar-refractivity contribution < 1.29 is 76.2 Å². The number of hydrogen-bond donors (Lipinski definition) is 4. The molecule has 5 aliphatic rings. The number of aliphatic imine (C=N–C) groups is 2. The Labute approximate surface area is 623 Å². The number of carbonyl (C=O) groups excluding carboxylic acids is 7. The van der Waals surface area contributed by atoms with Crippen molar-refractivity contribution in [3.8, 4) is 28.7 Å². The summed E-state index contributed by atoms with van der Waals surface area (Å²) in [5.41, 5.74) is 10.2. The number of anilines is 2. The van der Waals surface area contributed by atoms with Gasteiger partial charge in [-0.15, -0.1) is 0 Å². The summed E-state index contributed by atoms with van der Waals surface area (Å²) in [5.74, 6) is 0.548. The summed E-state index contributed by atoms with van der Waals surface area (Å²) in [6, 6.07) is 35.6. The molecule has 0 saturated carbocycles. The van der Waals surface area contributed by atoms with E-state index in [4.69, 9.17) is 52.6 Å². The summed E-state index contributed by atoms with van der Waals surface area (Å²) < 4.78 is 51.6. The third-order valence-corrected chi connectivity index (χ3v) is 19.2. The Hall–Kier alpha value is -10.8. The highest BCUT2D eigenvalue weighted by molar-refractivity contribution is 6.06. The van der Waals surface area contributed by atoms with Gasteiger partial charge in [-0.2, -0.15) is 0 Å². The predicted octanol–water partition coefficient (Wildman–Crippen LogP) is 11.6. The molecule has 0 saturated heterocycles. The zero-order valence-corrected chi connectivity index (χ0v) is 61.4. The highest BCUT2D eigenvalue weighted by atomic mass is 16.6. The molecule has 1 unspecified atom stereocenters. The predicted molar refractivity (Wildman–Crippen MR) is 409 cm³/mol. The fraction of sp³-hybridized carbons (Fsp3) is 0.386. The van der Waals surface area contributed by atoms with Crippen LogP contribution >= 0.6 is 0 Å². The third-order valence-electron chi connectivity index (χ3n) is 19.2. The van der Waals surface area contributed by atoms with E-state index in [2.05, 4.69) is 45.6 Å². The molecule has 6 aromatic rings. The first-order chi connectivity index (χ1) is 52.0. The first-order valence-electron chi connectivity index (χ1n) is 36.5. The van der Waals surface area contributed by atoms with Gasteiger partial charge in [-0.3, -0.25) is 43.5 Å². The van der Waals surface area contributed by atoms with Gasteiger partial charge in [-0.25, -0.2) is 0 Å². The van der Waals surface area contributed by atoms with E-state index in [1.807, 2.05) is 91.3 Å². The molecule has 0 spiro atoms. The average molecular weight is 1460 g/mol. The number of para-hydroxylation sites is 1. The summed E-state index contributed by atoms with van der Waals surface area (Å²) >= 11 is 0. The molecule has 6 aromatic carbocycles. The topological polar surface area (TPSA) is 282 Å². The molecule has 4 heterocycles. The Balaban J connectivity index is 0.540. The molecule has 4 N–H and O–H groups in total. The largest absolute Gasteiger partial charge is 0.497 e. The minimum Gasteiger partial charge on any atom is -0.497 e. The van der Waals surface area contributed by atoms with Crippen LogP contribution in [0.3, 0.4) is 0 Å². The van der Waals surface area contributed by atoms with Gasteiger partial charge in [0.2, 0.25) is 29.5 Å². The number of rotatable bonds is 35. The molecule has 562 valence electrons. The number of carbonyl (C=O) groups is 7. The van der Waals surface area contributed by atoms with Crippen molar-refractivity contribution in [3.05, 3.63) is 173 Å². The molecule has 4 aliphatic heterocycles. The smallest absolute Gasteiger partial charge is 0.260 e. The van der Waals surface area contributed by atoms with Gasteiger partial charge >= 0.3 is 0 Å². The minimum atomic E-state index is -0.946. The number of ether oxygens (including phenoxy) is 9. The Morgan fingerprint density at radius 2 is 1.19 bits per heavy atom. The lowest BCUT2D eigenvalue weighted by Crippen LogP contribution is -2.53. The van der Waals surface area contributed by atoms with Gasteiger partial charge < -0.3 is 73.7 Å². The fourth-order valence-corrected chi connectivity index (χ4v) is 13.3. The number of amides is 6. The average Bonchev–Trinajstić information content (AvgIpc) is 1.68. The van der Waals surface area contributed by atoms with Gasteiger partial charge in [-0.1, -0.05) is 98.8 Å². The molecule has 0 fully saturated rings. The van der Waals surface area contributed by atoms with Crippen molar-refractivity contribution in [1.29, 1.82) is 0 Å². The van der Waals surface area contributed by atoms with Gasteiger partial charge in [-0.05, 0) is 113 Å². The van der Waals surface area contributed by atoms with E-state index < -0.39 is 23.9 Å². The second kappa shape index (κ2) is 38.0. The number of nitrogens with one attached hydrogen (secondary N) is 4. The number of methoxy groups -OCH3 is 3. The van der Waals surface area contributed by atoms with Crippen LogP contribution in [0.4, 0.5) is 22.7 Å². The molecule has 5 atom stereocenters. The van der Waals surface area contributed by atoms with Crippen molar-refractivity contribution in [3.63, 3.8) is 0 Å². The molecular formula is C83H94N8O16. The van der Waals surface area contributed by atoms with Crippen molar-refractivity contribution in [1.82, 2.24) is 20.9 Å². The van der Waals surface area contributed by atoms with Crippen LogP contribution < -0.4 is 49.9 Å². The van der Waals surface area contributed by atoms with E-state index in [9.17, 15) is 33.6 Å². The van der Waals surface area contributed by atoms with E-state index in [0.717, 1.165) is 51.2 Å².